The third-order valence-electron chi connectivity index (χ3n) is 7.12. The van der Waals surface area contributed by atoms with Gasteiger partial charge in [0.2, 0.25) is 0 Å². The largest absolute Gasteiger partial charge is 0.0776 e. The molecule has 0 fully saturated rings. The second kappa shape index (κ2) is 13.2. The molecule has 0 radical (unpaired) electrons. The van der Waals surface area contributed by atoms with E-state index in [0.29, 0.717) is 0 Å². The van der Waals surface area contributed by atoms with Crippen molar-refractivity contribution in [1.82, 2.24) is 0 Å². The number of hydrogen-bond acceptors (Lipinski definition) is 0. The van der Waals surface area contributed by atoms with E-state index in [-0.39, 0.29) is 7.43 Å². The molecular weight excluding hydrogens is 492 g/mol. The molecule has 0 bridgehead atoms. The van der Waals surface area contributed by atoms with E-state index in [9.17, 15) is 0 Å². The second-order valence-electron chi connectivity index (χ2n) is 9.82. The number of hydrogen-bond donors (Lipinski definition) is 0. The zero-order valence-electron chi connectivity index (χ0n) is 22.3. The fourth-order valence-corrected chi connectivity index (χ4v) is 5.01. The van der Waals surface area contributed by atoms with Crippen LogP contribution in [0.15, 0.2) is 170 Å². The molecule has 0 N–H and O–H groups in total. The van der Waals surface area contributed by atoms with Crippen molar-refractivity contribution in [3.63, 3.8) is 0 Å². The van der Waals surface area contributed by atoms with Crippen LogP contribution in [-0.2, 0) is 0 Å². The van der Waals surface area contributed by atoms with Crippen LogP contribution in [0, 0.1) is 0 Å². The second-order valence-corrected chi connectivity index (χ2v) is 9.82. The molecule has 0 spiro atoms. The van der Waals surface area contributed by atoms with Crippen LogP contribution >= 0.6 is 0 Å². The van der Waals surface area contributed by atoms with Gasteiger partial charge in [-0.2, -0.15) is 0 Å². The van der Waals surface area contributed by atoms with Crippen molar-refractivity contribution in [1.29, 1.82) is 0 Å². The molecule has 0 aliphatic carbocycles. The van der Waals surface area contributed by atoms with Crippen molar-refractivity contribution < 1.29 is 0 Å². The highest BCUT2D eigenvalue weighted by Crippen LogP contribution is 2.29. The average Bonchev–Trinajstić information content (AvgIpc) is 3.05. The first kappa shape index (κ1) is 27.4. The Morgan fingerprint density at radius 3 is 0.780 bits per heavy atom. The Kier molecular flexibility index (Phi) is 8.84. The zero-order chi connectivity index (χ0) is 27.0. The first-order chi connectivity index (χ1) is 19.8. The lowest BCUT2D eigenvalue weighted by Crippen LogP contribution is -1.88. The number of rotatable bonds is 7. The molecule has 0 atom stereocenters. The maximum absolute atomic E-state index is 2.27. The molecule has 0 heteroatoms. The lowest BCUT2D eigenvalue weighted by molar-refractivity contribution is 1.54. The molecule has 6 rings (SSSR count). The molecule has 198 valence electrons. The van der Waals surface area contributed by atoms with Crippen LogP contribution in [0.25, 0.3) is 34.4 Å². The molecule has 0 nitrogen and oxygen atoms in total. The van der Waals surface area contributed by atoms with Gasteiger partial charge >= 0.3 is 0 Å². The van der Waals surface area contributed by atoms with Gasteiger partial charge in [0.25, 0.3) is 0 Å². The lowest BCUT2D eigenvalue weighted by Gasteiger charge is -2.10. The molecule has 6 aromatic carbocycles. The highest BCUT2D eigenvalue weighted by molar-refractivity contribution is 5.92. The molecular formula is C41H34. The Morgan fingerprint density at radius 2 is 0.537 bits per heavy atom. The van der Waals surface area contributed by atoms with Crippen LogP contribution in [0.5, 0.6) is 0 Å². The summed E-state index contributed by atoms with van der Waals surface area (Å²) in [6.07, 6.45) is 4.55. The lowest BCUT2D eigenvalue weighted by atomic mass is 9.94. The molecule has 0 aromatic heterocycles. The van der Waals surface area contributed by atoms with E-state index in [1.807, 2.05) is 0 Å². The molecule has 0 saturated carbocycles. The summed E-state index contributed by atoms with van der Waals surface area (Å²) >= 11 is 0. The summed E-state index contributed by atoms with van der Waals surface area (Å²) in [6.45, 7) is 0. The fraction of sp³-hybridized carbons (Fsp3) is 0.0244. The molecule has 0 unspecified atom stereocenters. The SMILES string of the molecule is C.C(=C(c1ccccc1)c1ccccc1)c1ccc(-c2ccc(C=C(c3ccccc3)c3ccccc3)cc2)cc1. The van der Waals surface area contributed by atoms with Gasteiger partial charge in [-0.25, -0.2) is 0 Å². The van der Waals surface area contributed by atoms with E-state index >= 15 is 0 Å². The third kappa shape index (κ3) is 6.69. The van der Waals surface area contributed by atoms with E-state index in [1.54, 1.807) is 0 Å². The van der Waals surface area contributed by atoms with E-state index in [1.165, 1.54) is 55.7 Å². The molecule has 0 saturated heterocycles. The monoisotopic (exact) mass is 526 g/mol. The predicted molar refractivity (Wildman–Crippen MR) is 178 cm³/mol. The van der Waals surface area contributed by atoms with Gasteiger partial charge in [-0.1, -0.05) is 177 Å². The zero-order valence-corrected chi connectivity index (χ0v) is 22.3. The van der Waals surface area contributed by atoms with Crippen LogP contribution in [0.2, 0.25) is 0 Å². The van der Waals surface area contributed by atoms with Gasteiger partial charge in [0.05, 0.1) is 0 Å². The summed E-state index contributed by atoms with van der Waals surface area (Å²) in [4.78, 5) is 0. The predicted octanol–water partition coefficient (Wildman–Crippen LogP) is 11.2. The first-order valence-electron chi connectivity index (χ1n) is 13.7. The summed E-state index contributed by atoms with van der Waals surface area (Å²) in [5.41, 5.74) is 12.1. The van der Waals surface area contributed by atoms with Gasteiger partial charge in [0, 0.05) is 0 Å². The molecule has 0 aliphatic heterocycles. The maximum Gasteiger partial charge on any atom is -0.0105 e. The third-order valence-corrected chi connectivity index (χ3v) is 7.12. The minimum Gasteiger partial charge on any atom is -0.0776 e. The van der Waals surface area contributed by atoms with Crippen LogP contribution in [0.4, 0.5) is 0 Å². The maximum atomic E-state index is 2.27. The van der Waals surface area contributed by atoms with Crippen molar-refractivity contribution in [2.24, 2.45) is 0 Å². The molecule has 0 heterocycles. The average molecular weight is 527 g/mol. The minimum absolute atomic E-state index is 0. The van der Waals surface area contributed by atoms with Crippen molar-refractivity contribution in [2.75, 3.05) is 0 Å². The Morgan fingerprint density at radius 1 is 0.293 bits per heavy atom. The van der Waals surface area contributed by atoms with Crippen LogP contribution < -0.4 is 0 Å². The van der Waals surface area contributed by atoms with E-state index in [2.05, 4.69) is 182 Å². The summed E-state index contributed by atoms with van der Waals surface area (Å²) in [5.74, 6) is 0. The molecule has 41 heavy (non-hydrogen) atoms. The molecule has 6 aromatic rings. The molecule has 0 amide bonds. The van der Waals surface area contributed by atoms with Crippen LogP contribution in [0.1, 0.15) is 40.8 Å². The topological polar surface area (TPSA) is 0 Å². The highest BCUT2D eigenvalue weighted by Gasteiger charge is 2.07. The number of benzene rings is 6. The van der Waals surface area contributed by atoms with E-state index in [4.69, 9.17) is 0 Å². The van der Waals surface area contributed by atoms with Gasteiger partial charge in [-0.15, -0.1) is 0 Å². The van der Waals surface area contributed by atoms with Gasteiger partial charge in [0.1, 0.15) is 0 Å². The summed E-state index contributed by atoms with van der Waals surface area (Å²) in [5, 5.41) is 0. The Balaban J connectivity index is 0.00000337. The van der Waals surface area contributed by atoms with Gasteiger partial charge < -0.3 is 0 Å². The van der Waals surface area contributed by atoms with Gasteiger partial charge in [0.15, 0.2) is 0 Å². The standard InChI is InChI=1S/C40H30.CH4/c1-5-13-35(14-6-1)39(36-15-7-2-8-16-36)29-31-21-25-33(26-22-31)34-27-23-32(24-28-34)30-40(37-17-9-3-10-18-37)38-19-11-4-12-20-38;/h1-30H;1H4. The smallest absolute Gasteiger partial charge is 0.0105 e. The summed E-state index contributed by atoms with van der Waals surface area (Å²) < 4.78 is 0. The minimum atomic E-state index is 0. The normalized spacial score (nSPS) is 10.2. The van der Waals surface area contributed by atoms with E-state index < -0.39 is 0 Å². The van der Waals surface area contributed by atoms with E-state index in [0.717, 1.165) is 0 Å². The van der Waals surface area contributed by atoms with Gasteiger partial charge in [-0.05, 0) is 67.8 Å². The van der Waals surface area contributed by atoms with Gasteiger partial charge in [-0.3, -0.25) is 0 Å². The van der Waals surface area contributed by atoms with Crippen molar-refractivity contribution in [3.8, 4) is 11.1 Å². The Hall–Kier alpha value is -5.20. The first-order valence-corrected chi connectivity index (χ1v) is 13.7. The van der Waals surface area contributed by atoms with Crippen molar-refractivity contribution in [2.45, 2.75) is 7.43 Å². The summed E-state index contributed by atoms with van der Waals surface area (Å²) in [6, 6.07) is 60.0. The van der Waals surface area contributed by atoms with Crippen LogP contribution in [0.3, 0.4) is 0 Å². The summed E-state index contributed by atoms with van der Waals surface area (Å²) in [7, 11) is 0. The fourth-order valence-electron chi connectivity index (χ4n) is 5.01. The Labute approximate surface area is 244 Å². The van der Waals surface area contributed by atoms with Crippen molar-refractivity contribution >= 4 is 23.3 Å². The Bertz CT molecular complexity index is 1490. The highest BCUT2D eigenvalue weighted by atomic mass is 14.1. The molecule has 0 aliphatic rings. The van der Waals surface area contributed by atoms with Crippen molar-refractivity contribution in [3.05, 3.63) is 203 Å². The quantitative estimate of drug-likeness (QED) is 0.181. The van der Waals surface area contributed by atoms with Crippen LogP contribution in [-0.4, -0.2) is 0 Å².